The van der Waals surface area contributed by atoms with Crippen molar-refractivity contribution in [3.8, 4) is 11.4 Å². The van der Waals surface area contributed by atoms with Gasteiger partial charge in [0.25, 0.3) is 0 Å². The van der Waals surface area contributed by atoms with Crippen molar-refractivity contribution in [2.45, 2.75) is 6.54 Å². The van der Waals surface area contributed by atoms with Crippen molar-refractivity contribution in [3.05, 3.63) is 72.0 Å². The minimum absolute atomic E-state index is 0.227. The molecule has 3 aromatic rings. The fraction of sp³-hybridized carbons (Fsp3) is 0.273. The minimum atomic E-state index is -0.227. The van der Waals surface area contributed by atoms with E-state index < -0.39 is 0 Å². The Bertz CT molecular complexity index is 906. The first-order valence-electron chi connectivity index (χ1n) is 9.54. The number of nitrogens with one attached hydrogen (secondary N) is 1. The predicted octanol–water partition coefficient (Wildman–Crippen LogP) is 3.65. The van der Waals surface area contributed by atoms with Crippen LogP contribution in [0.2, 0.25) is 0 Å². The van der Waals surface area contributed by atoms with Crippen molar-refractivity contribution in [3.63, 3.8) is 0 Å². The lowest BCUT2D eigenvalue weighted by Crippen LogP contribution is -2.44. The molecule has 0 bridgehead atoms. The predicted molar refractivity (Wildman–Crippen MR) is 111 cm³/mol. The molecule has 1 N–H and O–H groups in total. The second-order valence-electron chi connectivity index (χ2n) is 7.07. The summed E-state index contributed by atoms with van der Waals surface area (Å²) in [4.78, 5) is 14.2. The van der Waals surface area contributed by atoms with Gasteiger partial charge in [-0.3, -0.25) is 0 Å². The molecule has 1 aliphatic rings. The first-order chi connectivity index (χ1) is 13.7. The number of hydrogen-bond acceptors (Lipinski definition) is 5. The Hall–Kier alpha value is -2.99. The van der Waals surface area contributed by atoms with Crippen molar-refractivity contribution in [1.82, 2.24) is 14.9 Å². The highest BCUT2D eigenvalue weighted by molar-refractivity contribution is 5.62. The lowest BCUT2D eigenvalue weighted by atomic mass is 10.2. The highest BCUT2D eigenvalue weighted by atomic mass is 19.1. The second kappa shape index (κ2) is 8.35. The fourth-order valence-electron chi connectivity index (χ4n) is 3.23. The summed E-state index contributed by atoms with van der Waals surface area (Å²) in [5, 5.41) is 3.37. The molecule has 1 aliphatic heterocycles. The van der Waals surface area contributed by atoms with Gasteiger partial charge in [0.1, 0.15) is 17.5 Å². The summed E-state index contributed by atoms with van der Waals surface area (Å²) in [6.45, 7) is 4.50. The third-order valence-electron chi connectivity index (χ3n) is 4.96. The average Bonchev–Trinajstić information content (AvgIpc) is 2.74. The van der Waals surface area contributed by atoms with Crippen LogP contribution in [0, 0.1) is 5.82 Å². The quantitative estimate of drug-likeness (QED) is 0.735. The van der Waals surface area contributed by atoms with Gasteiger partial charge in [0.15, 0.2) is 5.82 Å². The van der Waals surface area contributed by atoms with Gasteiger partial charge in [-0.05, 0) is 24.7 Å². The molecule has 0 amide bonds. The zero-order chi connectivity index (χ0) is 19.3. The number of rotatable bonds is 5. The highest BCUT2D eigenvalue weighted by Gasteiger charge is 2.17. The van der Waals surface area contributed by atoms with Crippen LogP contribution in [0.1, 0.15) is 5.56 Å². The minimum Gasteiger partial charge on any atom is -0.366 e. The Morgan fingerprint density at radius 2 is 1.64 bits per heavy atom. The van der Waals surface area contributed by atoms with Crippen molar-refractivity contribution >= 4 is 11.6 Å². The first kappa shape index (κ1) is 18.4. The maximum absolute atomic E-state index is 13.1. The van der Waals surface area contributed by atoms with Gasteiger partial charge in [0.05, 0.1) is 0 Å². The van der Waals surface area contributed by atoms with Gasteiger partial charge in [-0.15, -0.1) is 0 Å². The van der Waals surface area contributed by atoms with E-state index in [1.807, 2.05) is 36.4 Å². The maximum Gasteiger partial charge on any atom is 0.163 e. The fourth-order valence-corrected chi connectivity index (χ4v) is 3.23. The summed E-state index contributed by atoms with van der Waals surface area (Å²) in [5.41, 5.74) is 1.99. The normalized spacial score (nSPS) is 14.9. The summed E-state index contributed by atoms with van der Waals surface area (Å²) < 4.78 is 13.1. The van der Waals surface area contributed by atoms with Gasteiger partial charge in [-0.2, -0.15) is 0 Å². The van der Waals surface area contributed by atoms with E-state index in [0.717, 1.165) is 48.9 Å². The van der Waals surface area contributed by atoms with Crippen molar-refractivity contribution in [1.29, 1.82) is 0 Å². The molecule has 1 saturated heterocycles. The molecule has 0 atom stereocenters. The molecular formula is C22H24FN5. The highest BCUT2D eigenvalue weighted by Crippen LogP contribution is 2.23. The SMILES string of the molecule is CN1CCN(c2cc(NCc3ccc(F)cc3)nc(-c3ccccc3)n2)CC1. The summed E-state index contributed by atoms with van der Waals surface area (Å²) >= 11 is 0. The average molecular weight is 377 g/mol. The Morgan fingerprint density at radius 3 is 2.36 bits per heavy atom. The number of nitrogens with zero attached hydrogens (tertiary/aromatic N) is 4. The lowest BCUT2D eigenvalue weighted by Gasteiger charge is -2.33. The Kier molecular flexibility index (Phi) is 5.48. The standard InChI is InChI=1S/C22H24FN5/c1-27-11-13-28(14-12-27)21-15-20(24-16-17-7-9-19(23)10-8-17)25-22(26-21)18-5-3-2-4-6-18/h2-10,15H,11-14,16H2,1H3,(H,24,25,26). The molecule has 1 aromatic heterocycles. The largest absolute Gasteiger partial charge is 0.366 e. The van der Waals surface area contributed by atoms with Crippen LogP contribution >= 0.6 is 0 Å². The van der Waals surface area contributed by atoms with Crippen LogP contribution in [0.3, 0.4) is 0 Å². The van der Waals surface area contributed by atoms with Gasteiger partial charge < -0.3 is 15.1 Å². The van der Waals surface area contributed by atoms with Crippen LogP contribution in [0.25, 0.3) is 11.4 Å². The molecule has 1 fully saturated rings. The molecule has 2 heterocycles. The van der Waals surface area contributed by atoms with E-state index in [4.69, 9.17) is 9.97 Å². The zero-order valence-corrected chi connectivity index (χ0v) is 16.0. The molecule has 144 valence electrons. The van der Waals surface area contributed by atoms with E-state index in [1.54, 1.807) is 12.1 Å². The second-order valence-corrected chi connectivity index (χ2v) is 7.07. The summed E-state index contributed by atoms with van der Waals surface area (Å²) in [5.74, 6) is 2.18. The van der Waals surface area contributed by atoms with Gasteiger partial charge in [0.2, 0.25) is 0 Å². The monoisotopic (exact) mass is 377 g/mol. The van der Waals surface area contributed by atoms with Crippen molar-refractivity contribution < 1.29 is 4.39 Å². The summed E-state index contributed by atoms with van der Waals surface area (Å²) in [6.07, 6.45) is 0. The van der Waals surface area contributed by atoms with Gasteiger partial charge in [-0.1, -0.05) is 42.5 Å². The molecule has 28 heavy (non-hydrogen) atoms. The van der Waals surface area contributed by atoms with Crippen LogP contribution in [0.4, 0.5) is 16.0 Å². The molecule has 0 saturated carbocycles. The number of piperazine rings is 1. The summed E-state index contributed by atoms with van der Waals surface area (Å²) in [7, 11) is 2.14. The van der Waals surface area contributed by atoms with E-state index in [9.17, 15) is 4.39 Å². The molecule has 2 aromatic carbocycles. The number of anilines is 2. The van der Waals surface area contributed by atoms with E-state index in [0.29, 0.717) is 12.4 Å². The van der Waals surface area contributed by atoms with E-state index in [-0.39, 0.29) is 5.82 Å². The van der Waals surface area contributed by atoms with Crippen LogP contribution in [-0.2, 0) is 6.54 Å². The molecule has 5 nitrogen and oxygen atoms in total. The lowest BCUT2D eigenvalue weighted by molar-refractivity contribution is 0.312. The molecule has 0 radical (unpaired) electrons. The van der Waals surface area contributed by atoms with E-state index >= 15 is 0 Å². The van der Waals surface area contributed by atoms with E-state index in [2.05, 4.69) is 22.2 Å². The van der Waals surface area contributed by atoms with Gasteiger partial charge >= 0.3 is 0 Å². The van der Waals surface area contributed by atoms with Crippen LogP contribution in [0.5, 0.6) is 0 Å². The molecule has 0 unspecified atom stereocenters. The van der Waals surface area contributed by atoms with Crippen LogP contribution in [0.15, 0.2) is 60.7 Å². The number of hydrogen-bond donors (Lipinski definition) is 1. The molecule has 0 spiro atoms. The number of benzene rings is 2. The number of likely N-dealkylation sites (N-methyl/N-ethyl adjacent to an activating group) is 1. The number of halogens is 1. The van der Waals surface area contributed by atoms with E-state index in [1.165, 1.54) is 12.1 Å². The Morgan fingerprint density at radius 1 is 0.929 bits per heavy atom. The van der Waals surface area contributed by atoms with Crippen LogP contribution < -0.4 is 10.2 Å². The smallest absolute Gasteiger partial charge is 0.163 e. The molecule has 0 aliphatic carbocycles. The van der Waals surface area contributed by atoms with Gasteiger partial charge in [0, 0.05) is 44.4 Å². The Labute approximate surface area is 164 Å². The van der Waals surface area contributed by atoms with Crippen LogP contribution in [-0.4, -0.2) is 48.1 Å². The first-order valence-corrected chi connectivity index (χ1v) is 9.54. The molecular weight excluding hydrogens is 353 g/mol. The van der Waals surface area contributed by atoms with Gasteiger partial charge in [-0.25, -0.2) is 14.4 Å². The third-order valence-corrected chi connectivity index (χ3v) is 4.96. The molecule has 4 rings (SSSR count). The van der Waals surface area contributed by atoms with Crippen molar-refractivity contribution in [2.24, 2.45) is 0 Å². The maximum atomic E-state index is 13.1. The summed E-state index contributed by atoms with van der Waals surface area (Å²) in [6, 6.07) is 18.5. The number of aromatic nitrogens is 2. The zero-order valence-electron chi connectivity index (χ0n) is 16.0. The topological polar surface area (TPSA) is 44.3 Å². The van der Waals surface area contributed by atoms with Crippen molar-refractivity contribution in [2.75, 3.05) is 43.4 Å². The Balaban J connectivity index is 1.60. The third kappa shape index (κ3) is 4.46. The molecule has 6 heteroatoms.